The first-order valence-corrected chi connectivity index (χ1v) is 7.01. The second kappa shape index (κ2) is 9.57. The number of nitrogens with two attached hydrogens (primary N) is 2. The Morgan fingerprint density at radius 2 is 1.96 bits per heavy atom. The van der Waals surface area contributed by atoms with E-state index in [0.717, 1.165) is 12.1 Å². The molecule has 0 unspecified atom stereocenters. The van der Waals surface area contributed by atoms with Gasteiger partial charge in [-0.3, -0.25) is 4.84 Å². The van der Waals surface area contributed by atoms with Gasteiger partial charge in [-0.25, -0.2) is 19.3 Å². The van der Waals surface area contributed by atoms with Crippen LogP contribution < -0.4 is 21.7 Å². The quantitative estimate of drug-likeness (QED) is 0.302. The van der Waals surface area contributed by atoms with Crippen LogP contribution in [0, 0.1) is 11.6 Å². The maximum absolute atomic E-state index is 12.9. The number of benzene rings is 1. The summed E-state index contributed by atoms with van der Waals surface area (Å²) in [4.78, 5) is 12.8. The summed E-state index contributed by atoms with van der Waals surface area (Å²) in [5, 5.41) is 0. The fourth-order valence-electron chi connectivity index (χ4n) is 1.45. The topological polar surface area (TPSA) is 107 Å². The van der Waals surface area contributed by atoms with Crippen LogP contribution in [-0.4, -0.2) is 31.2 Å². The van der Waals surface area contributed by atoms with Gasteiger partial charge in [0.05, 0.1) is 13.2 Å². The molecule has 1 aromatic rings. The van der Waals surface area contributed by atoms with Crippen molar-refractivity contribution in [2.45, 2.75) is 26.3 Å². The van der Waals surface area contributed by atoms with Crippen LogP contribution in [-0.2, 0) is 4.84 Å². The molecule has 0 atom stereocenters. The summed E-state index contributed by atoms with van der Waals surface area (Å²) in [5.74, 6) is -1.59. The molecule has 0 fully saturated rings. The molecule has 0 aliphatic heterocycles. The van der Waals surface area contributed by atoms with Gasteiger partial charge < -0.3 is 16.2 Å². The summed E-state index contributed by atoms with van der Waals surface area (Å²) in [7, 11) is 0. The van der Waals surface area contributed by atoms with Gasteiger partial charge in [0.25, 0.3) is 0 Å². The van der Waals surface area contributed by atoms with Crippen LogP contribution in [0.3, 0.4) is 0 Å². The van der Waals surface area contributed by atoms with Crippen LogP contribution in [0.1, 0.15) is 20.3 Å². The van der Waals surface area contributed by atoms with Crippen molar-refractivity contribution in [2.24, 2.45) is 21.5 Å². The fourth-order valence-corrected chi connectivity index (χ4v) is 1.45. The van der Waals surface area contributed by atoms with Crippen molar-refractivity contribution in [3.63, 3.8) is 0 Å². The lowest BCUT2D eigenvalue weighted by molar-refractivity contribution is 0.0738. The van der Waals surface area contributed by atoms with E-state index in [9.17, 15) is 8.78 Å². The Morgan fingerprint density at radius 1 is 1.22 bits per heavy atom. The number of ether oxygens (including phenoxy) is 1. The molecule has 0 aliphatic carbocycles. The molecular weight excluding hydrogens is 308 g/mol. The lowest BCUT2D eigenvalue weighted by atomic mass is 10.3. The Hall–Kier alpha value is -2.42. The summed E-state index contributed by atoms with van der Waals surface area (Å²) in [6.45, 7) is 4.24. The van der Waals surface area contributed by atoms with Crippen LogP contribution in [0.5, 0.6) is 5.75 Å². The van der Waals surface area contributed by atoms with Gasteiger partial charge in [-0.2, -0.15) is 4.99 Å². The third-order valence-electron chi connectivity index (χ3n) is 2.35. The fraction of sp³-hybridized carbons (Fsp3) is 0.429. The van der Waals surface area contributed by atoms with Crippen molar-refractivity contribution in [1.82, 2.24) is 5.48 Å². The van der Waals surface area contributed by atoms with E-state index in [1.54, 1.807) is 0 Å². The van der Waals surface area contributed by atoms with Gasteiger partial charge >= 0.3 is 0 Å². The van der Waals surface area contributed by atoms with E-state index < -0.39 is 11.6 Å². The monoisotopic (exact) mass is 329 g/mol. The summed E-state index contributed by atoms with van der Waals surface area (Å²) >= 11 is 0. The number of hydroxylamine groups is 1. The van der Waals surface area contributed by atoms with E-state index in [4.69, 9.17) is 21.0 Å². The Morgan fingerprint density at radius 3 is 2.61 bits per heavy atom. The molecule has 0 aromatic heterocycles. The van der Waals surface area contributed by atoms with Crippen LogP contribution in [0.25, 0.3) is 0 Å². The Labute approximate surface area is 133 Å². The van der Waals surface area contributed by atoms with E-state index in [1.807, 2.05) is 13.8 Å². The molecule has 128 valence electrons. The zero-order valence-corrected chi connectivity index (χ0v) is 13.1. The first kappa shape index (κ1) is 18.6. The van der Waals surface area contributed by atoms with Crippen molar-refractivity contribution in [1.29, 1.82) is 0 Å². The molecule has 0 amide bonds. The largest absolute Gasteiger partial charge is 0.493 e. The SMILES string of the molecule is CC(C)N=C(N)/N=C(\N)NOCCCOc1ccc(F)c(F)c1. The Bertz CT molecular complexity index is 564. The van der Waals surface area contributed by atoms with Gasteiger partial charge in [-0.15, -0.1) is 0 Å². The third kappa shape index (κ3) is 7.96. The molecule has 23 heavy (non-hydrogen) atoms. The normalized spacial score (nSPS) is 12.6. The van der Waals surface area contributed by atoms with E-state index in [1.165, 1.54) is 6.07 Å². The van der Waals surface area contributed by atoms with E-state index in [-0.39, 0.29) is 36.9 Å². The lowest BCUT2D eigenvalue weighted by Gasteiger charge is -2.08. The van der Waals surface area contributed by atoms with Gasteiger partial charge in [0.2, 0.25) is 11.9 Å². The highest BCUT2D eigenvalue weighted by atomic mass is 19.2. The van der Waals surface area contributed by atoms with Gasteiger partial charge in [-0.05, 0) is 26.0 Å². The van der Waals surface area contributed by atoms with Gasteiger partial charge in [0.1, 0.15) is 5.75 Å². The van der Waals surface area contributed by atoms with Crippen molar-refractivity contribution in [2.75, 3.05) is 13.2 Å². The number of hydrogen-bond donors (Lipinski definition) is 3. The molecule has 9 heteroatoms. The standard InChI is InChI=1S/C14H21F2N5O2/c1-9(2)19-13(17)20-14(18)21-23-7-3-6-22-10-4-5-11(15)12(16)8-10/h4-5,8-9H,3,6-7H2,1-2H3,(H5,17,18,19,20,21). The smallest absolute Gasteiger partial charge is 0.221 e. The number of guanidine groups is 2. The average molecular weight is 329 g/mol. The Kier molecular flexibility index (Phi) is 7.75. The summed E-state index contributed by atoms with van der Waals surface area (Å²) in [6, 6.07) is 3.35. The molecule has 0 saturated heterocycles. The molecule has 0 radical (unpaired) electrons. The molecule has 0 saturated carbocycles. The number of halogens is 2. The summed E-state index contributed by atoms with van der Waals surface area (Å²) < 4.78 is 30.9. The minimum Gasteiger partial charge on any atom is -0.493 e. The van der Waals surface area contributed by atoms with Crippen molar-refractivity contribution >= 4 is 11.9 Å². The van der Waals surface area contributed by atoms with E-state index in [0.29, 0.717) is 6.42 Å². The third-order valence-corrected chi connectivity index (χ3v) is 2.35. The first-order valence-electron chi connectivity index (χ1n) is 7.01. The minimum atomic E-state index is -0.954. The second-order valence-electron chi connectivity index (χ2n) is 4.81. The predicted octanol–water partition coefficient (Wildman–Crippen LogP) is 1.29. The molecular formula is C14H21F2N5O2. The zero-order chi connectivity index (χ0) is 17.2. The number of rotatable bonds is 7. The molecule has 5 N–H and O–H groups in total. The molecule has 0 heterocycles. The molecule has 7 nitrogen and oxygen atoms in total. The average Bonchev–Trinajstić information content (AvgIpc) is 2.45. The highest BCUT2D eigenvalue weighted by molar-refractivity contribution is 5.92. The van der Waals surface area contributed by atoms with Crippen molar-refractivity contribution in [3.05, 3.63) is 29.8 Å². The number of hydrogen-bond acceptors (Lipinski definition) is 3. The highest BCUT2D eigenvalue weighted by Crippen LogP contribution is 2.15. The van der Waals surface area contributed by atoms with E-state index in [2.05, 4.69) is 15.5 Å². The van der Waals surface area contributed by atoms with Gasteiger partial charge in [0, 0.05) is 18.5 Å². The molecule has 0 aliphatic rings. The molecule has 0 bridgehead atoms. The van der Waals surface area contributed by atoms with Gasteiger partial charge in [0.15, 0.2) is 11.6 Å². The van der Waals surface area contributed by atoms with Crippen LogP contribution in [0.2, 0.25) is 0 Å². The number of nitrogens with one attached hydrogen (secondary N) is 1. The van der Waals surface area contributed by atoms with Gasteiger partial charge in [-0.1, -0.05) is 0 Å². The number of aliphatic imine (C=N–C) groups is 2. The molecule has 0 spiro atoms. The van der Waals surface area contributed by atoms with Crippen molar-refractivity contribution in [3.8, 4) is 5.75 Å². The molecule has 1 aromatic carbocycles. The zero-order valence-electron chi connectivity index (χ0n) is 13.1. The van der Waals surface area contributed by atoms with Crippen LogP contribution >= 0.6 is 0 Å². The maximum Gasteiger partial charge on any atom is 0.221 e. The minimum absolute atomic E-state index is 0.0147. The van der Waals surface area contributed by atoms with E-state index >= 15 is 0 Å². The summed E-state index contributed by atoms with van der Waals surface area (Å²) in [5.41, 5.74) is 13.5. The maximum atomic E-state index is 12.9. The predicted molar refractivity (Wildman–Crippen MR) is 83.9 cm³/mol. The van der Waals surface area contributed by atoms with Crippen molar-refractivity contribution < 1.29 is 18.4 Å². The number of nitrogens with zero attached hydrogens (tertiary/aromatic N) is 2. The highest BCUT2D eigenvalue weighted by Gasteiger charge is 2.03. The van der Waals surface area contributed by atoms with Crippen LogP contribution in [0.4, 0.5) is 8.78 Å². The van der Waals surface area contributed by atoms with Crippen LogP contribution in [0.15, 0.2) is 28.2 Å². The molecule has 1 rings (SSSR count). The second-order valence-corrected chi connectivity index (χ2v) is 4.81. The summed E-state index contributed by atoms with van der Waals surface area (Å²) in [6.07, 6.45) is 0.495. The lowest BCUT2D eigenvalue weighted by Crippen LogP contribution is -2.34. The first-order chi connectivity index (χ1) is 10.9. The Balaban J connectivity index is 2.20.